The van der Waals surface area contributed by atoms with E-state index in [0.717, 1.165) is 24.2 Å². The SMILES string of the molecule is CCCCCCCCc1c(CCCCCCCC)c2cc(N(c3ccc(C(C)(C)C)cc3)c3ccccc3-c3ccccc3)ccc2c2ccc(Nc3ccc(C(C)(C)C)cc3)cc12. The van der Waals surface area contributed by atoms with Crippen LogP contribution >= 0.6 is 0 Å². The van der Waals surface area contributed by atoms with E-state index in [-0.39, 0.29) is 10.8 Å². The van der Waals surface area contributed by atoms with Gasteiger partial charge in [0.2, 0.25) is 0 Å². The topological polar surface area (TPSA) is 15.3 Å². The Labute approximate surface area is 387 Å². The first-order valence-corrected chi connectivity index (χ1v) is 24.9. The fraction of sp³-hybridized carbons (Fsp3) is 0.387. The molecule has 2 nitrogen and oxygen atoms in total. The van der Waals surface area contributed by atoms with Crippen molar-refractivity contribution in [1.29, 1.82) is 0 Å². The summed E-state index contributed by atoms with van der Waals surface area (Å²) in [7, 11) is 0. The number of nitrogens with zero attached hydrogens (tertiary/aromatic N) is 1. The lowest BCUT2D eigenvalue weighted by Crippen LogP contribution is -2.14. The molecule has 0 unspecified atom stereocenters. The van der Waals surface area contributed by atoms with E-state index in [2.05, 4.69) is 205 Å². The maximum absolute atomic E-state index is 3.82. The van der Waals surface area contributed by atoms with Gasteiger partial charge in [-0.15, -0.1) is 0 Å². The van der Waals surface area contributed by atoms with E-state index in [1.807, 2.05) is 0 Å². The Morgan fingerprint density at radius 3 is 1.45 bits per heavy atom. The molecule has 1 N–H and O–H groups in total. The summed E-state index contributed by atoms with van der Waals surface area (Å²) in [4.78, 5) is 2.51. The maximum atomic E-state index is 3.82. The van der Waals surface area contributed by atoms with Crippen LogP contribution in [-0.2, 0) is 23.7 Å². The van der Waals surface area contributed by atoms with Gasteiger partial charge in [0, 0.05) is 28.3 Å². The number of rotatable bonds is 20. The van der Waals surface area contributed by atoms with E-state index in [9.17, 15) is 0 Å². The summed E-state index contributed by atoms with van der Waals surface area (Å²) in [5, 5.41) is 9.35. The highest BCUT2D eigenvalue weighted by molar-refractivity contribution is 6.13. The number of benzene rings is 7. The summed E-state index contributed by atoms with van der Waals surface area (Å²) in [6.07, 6.45) is 17.7. The fourth-order valence-electron chi connectivity index (χ4n) is 9.61. The normalized spacial score (nSPS) is 12.0. The maximum Gasteiger partial charge on any atom is 0.0540 e. The third kappa shape index (κ3) is 11.5. The minimum Gasteiger partial charge on any atom is -0.356 e. The lowest BCUT2D eigenvalue weighted by molar-refractivity contribution is 0.590. The van der Waals surface area contributed by atoms with Crippen molar-refractivity contribution in [2.45, 2.75) is 156 Å². The molecule has 0 aliphatic rings. The highest BCUT2D eigenvalue weighted by Gasteiger charge is 2.22. The van der Waals surface area contributed by atoms with Gasteiger partial charge in [-0.05, 0) is 140 Å². The van der Waals surface area contributed by atoms with Crippen LogP contribution in [0.1, 0.15) is 155 Å². The lowest BCUT2D eigenvalue weighted by Gasteiger charge is -2.29. The number of fused-ring (bicyclic) bond motifs is 3. The quantitative estimate of drug-likeness (QED) is 0.0607. The minimum absolute atomic E-state index is 0.0689. The number of hydrogen-bond acceptors (Lipinski definition) is 2. The molecular formula is C62H76N2. The van der Waals surface area contributed by atoms with Gasteiger partial charge in [-0.2, -0.15) is 0 Å². The minimum atomic E-state index is 0.0689. The molecule has 0 saturated heterocycles. The van der Waals surface area contributed by atoms with Gasteiger partial charge in [0.05, 0.1) is 5.69 Å². The largest absolute Gasteiger partial charge is 0.356 e. The van der Waals surface area contributed by atoms with Crippen LogP contribution in [0.15, 0.2) is 140 Å². The van der Waals surface area contributed by atoms with Crippen molar-refractivity contribution in [1.82, 2.24) is 0 Å². The molecule has 0 amide bonds. The summed E-state index contributed by atoms with van der Waals surface area (Å²) >= 11 is 0. The van der Waals surface area contributed by atoms with Crippen molar-refractivity contribution >= 4 is 50.0 Å². The average molecular weight is 849 g/mol. The van der Waals surface area contributed by atoms with Crippen molar-refractivity contribution in [3.8, 4) is 11.1 Å². The molecule has 0 aromatic heterocycles. The van der Waals surface area contributed by atoms with Gasteiger partial charge < -0.3 is 10.2 Å². The Morgan fingerprint density at radius 2 is 0.875 bits per heavy atom. The summed E-state index contributed by atoms with van der Waals surface area (Å²) in [5.41, 5.74) is 14.3. The van der Waals surface area contributed by atoms with Crippen LogP contribution < -0.4 is 10.2 Å². The standard InChI is InChI=1S/C62H76N2/c1-9-11-13-15-17-22-29-54-55(30-23-18-16-14-12-10-2)59-45-52(41-43-57(59)56-42-38-50(44-58(54)56)63-49-36-32-47(33-37-49)61(3,4)5)64(51-39-34-48(35-40-51)62(6,7)8)60-31-25-24-28-53(60)46-26-20-19-21-27-46/h19-21,24-28,31-45,63H,9-18,22-23,29-30H2,1-8H3. The van der Waals surface area contributed by atoms with Gasteiger partial charge in [-0.1, -0.05) is 205 Å². The highest BCUT2D eigenvalue weighted by atomic mass is 15.1. The van der Waals surface area contributed by atoms with E-state index in [1.165, 1.54) is 138 Å². The molecule has 7 rings (SSSR count). The summed E-state index contributed by atoms with van der Waals surface area (Å²) in [6.45, 7) is 18.4. The van der Waals surface area contributed by atoms with Crippen molar-refractivity contribution in [3.05, 3.63) is 162 Å². The van der Waals surface area contributed by atoms with Gasteiger partial charge in [0.15, 0.2) is 0 Å². The van der Waals surface area contributed by atoms with Crippen LogP contribution in [0.5, 0.6) is 0 Å². The smallest absolute Gasteiger partial charge is 0.0540 e. The molecule has 0 spiro atoms. The molecule has 7 aromatic rings. The Hall–Kier alpha value is -5.34. The molecule has 0 saturated carbocycles. The molecule has 7 aromatic carbocycles. The Morgan fingerprint density at radius 1 is 0.406 bits per heavy atom. The first-order chi connectivity index (χ1) is 31.0. The Bertz CT molecular complexity index is 2550. The van der Waals surface area contributed by atoms with Crippen molar-refractivity contribution in [3.63, 3.8) is 0 Å². The average Bonchev–Trinajstić information content (AvgIpc) is 3.29. The molecule has 0 radical (unpaired) electrons. The Balaban J connectivity index is 1.41. The second kappa shape index (κ2) is 21.6. The van der Waals surface area contributed by atoms with E-state index < -0.39 is 0 Å². The Kier molecular flexibility index (Phi) is 15.7. The zero-order valence-electron chi connectivity index (χ0n) is 40.6. The predicted octanol–water partition coefficient (Wildman–Crippen LogP) is 19.3. The van der Waals surface area contributed by atoms with Crippen LogP contribution in [0.2, 0.25) is 0 Å². The van der Waals surface area contributed by atoms with E-state index in [1.54, 1.807) is 11.1 Å². The first-order valence-electron chi connectivity index (χ1n) is 24.9. The molecule has 64 heavy (non-hydrogen) atoms. The number of para-hydroxylation sites is 1. The molecule has 0 fully saturated rings. The van der Waals surface area contributed by atoms with E-state index in [0.29, 0.717) is 0 Å². The first kappa shape index (κ1) is 46.6. The van der Waals surface area contributed by atoms with Gasteiger partial charge in [0.25, 0.3) is 0 Å². The lowest BCUT2D eigenvalue weighted by atomic mass is 9.86. The van der Waals surface area contributed by atoms with E-state index in [4.69, 9.17) is 0 Å². The zero-order chi connectivity index (χ0) is 45.1. The van der Waals surface area contributed by atoms with Gasteiger partial charge in [-0.25, -0.2) is 0 Å². The summed E-state index contributed by atoms with van der Waals surface area (Å²) in [5.74, 6) is 0. The second-order valence-electron chi connectivity index (χ2n) is 20.5. The second-order valence-corrected chi connectivity index (χ2v) is 20.5. The van der Waals surface area contributed by atoms with Crippen LogP contribution in [0.3, 0.4) is 0 Å². The highest BCUT2D eigenvalue weighted by Crippen LogP contribution is 2.45. The number of unbranched alkanes of at least 4 members (excludes halogenated alkanes) is 10. The zero-order valence-corrected chi connectivity index (χ0v) is 40.6. The summed E-state index contributed by atoms with van der Waals surface area (Å²) < 4.78 is 0. The monoisotopic (exact) mass is 849 g/mol. The van der Waals surface area contributed by atoms with Crippen LogP contribution in [-0.4, -0.2) is 0 Å². The molecule has 0 bridgehead atoms. The van der Waals surface area contributed by atoms with Gasteiger partial charge in [-0.3, -0.25) is 0 Å². The van der Waals surface area contributed by atoms with Crippen LogP contribution in [0, 0.1) is 0 Å². The van der Waals surface area contributed by atoms with Crippen molar-refractivity contribution in [2.75, 3.05) is 10.2 Å². The molecule has 0 aliphatic carbocycles. The number of anilines is 5. The summed E-state index contributed by atoms with van der Waals surface area (Å²) in [6, 6.07) is 52.7. The van der Waals surface area contributed by atoms with Crippen molar-refractivity contribution < 1.29 is 0 Å². The van der Waals surface area contributed by atoms with E-state index >= 15 is 0 Å². The number of nitrogens with one attached hydrogen (secondary N) is 1. The predicted molar refractivity (Wildman–Crippen MR) is 283 cm³/mol. The molecule has 0 atom stereocenters. The molecule has 0 heterocycles. The molecule has 2 heteroatoms. The van der Waals surface area contributed by atoms with Crippen LogP contribution in [0.25, 0.3) is 32.7 Å². The fourth-order valence-corrected chi connectivity index (χ4v) is 9.61. The molecule has 0 aliphatic heterocycles. The number of hydrogen-bond donors (Lipinski definition) is 1. The van der Waals surface area contributed by atoms with Crippen LogP contribution in [0.4, 0.5) is 28.4 Å². The van der Waals surface area contributed by atoms with Crippen molar-refractivity contribution in [2.24, 2.45) is 0 Å². The third-order valence-electron chi connectivity index (χ3n) is 13.4. The molecule has 334 valence electrons. The third-order valence-corrected chi connectivity index (χ3v) is 13.4. The number of aryl methyl sites for hydroxylation is 2. The van der Waals surface area contributed by atoms with Gasteiger partial charge >= 0.3 is 0 Å². The van der Waals surface area contributed by atoms with Gasteiger partial charge in [0.1, 0.15) is 0 Å². The molecular weight excluding hydrogens is 773 g/mol.